The molecule has 4 heteroatoms. The molecule has 100 valence electrons. The van der Waals surface area contributed by atoms with Crippen LogP contribution < -0.4 is 4.43 Å². The van der Waals surface area contributed by atoms with Crippen LogP contribution >= 0.6 is 0 Å². The maximum absolute atomic E-state index is 6.02. The summed E-state index contributed by atoms with van der Waals surface area (Å²) in [6.07, 6.45) is 4.21. The molecule has 0 saturated carbocycles. The van der Waals surface area contributed by atoms with E-state index < -0.39 is 8.32 Å². The van der Waals surface area contributed by atoms with Gasteiger partial charge in [0.15, 0.2) is 0 Å². The summed E-state index contributed by atoms with van der Waals surface area (Å²) in [6.45, 7) is 6.49. The first-order valence-electron chi connectivity index (χ1n) is 6.37. The number of hydrogen-bond donors (Lipinski definition) is 0. The molecule has 0 atom stereocenters. The molecule has 0 N–H and O–H groups in total. The smallest absolute Gasteiger partial charge is 0.242 e. The standard InChI is InChI=1S/C15H19NO2Si/c1-19(2,3)18-15-9-5-4-8-14(15)16-11-10-13-7-6-12-17-13/h4-9,11-12H,10H2,1-3H3. The molecule has 0 amide bonds. The minimum absolute atomic E-state index is 0.689. The minimum atomic E-state index is -1.61. The van der Waals surface area contributed by atoms with E-state index >= 15 is 0 Å². The van der Waals surface area contributed by atoms with E-state index in [1.165, 1.54) is 0 Å². The lowest BCUT2D eigenvalue weighted by atomic mass is 10.3. The summed E-state index contributed by atoms with van der Waals surface area (Å²) in [7, 11) is -1.61. The van der Waals surface area contributed by atoms with Crippen molar-refractivity contribution in [1.29, 1.82) is 0 Å². The molecule has 3 nitrogen and oxygen atoms in total. The molecule has 0 radical (unpaired) electrons. The molecule has 0 aliphatic rings. The van der Waals surface area contributed by atoms with Crippen molar-refractivity contribution in [2.75, 3.05) is 0 Å². The highest BCUT2D eigenvalue weighted by Gasteiger charge is 2.17. The average Bonchev–Trinajstić information content (AvgIpc) is 2.82. The van der Waals surface area contributed by atoms with Crippen molar-refractivity contribution in [3.05, 3.63) is 48.4 Å². The number of rotatable bonds is 5. The summed E-state index contributed by atoms with van der Waals surface area (Å²) < 4.78 is 11.3. The minimum Gasteiger partial charge on any atom is -0.543 e. The molecule has 0 fully saturated rings. The number of hydrogen-bond acceptors (Lipinski definition) is 3. The second kappa shape index (κ2) is 5.89. The quantitative estimate of drug-likeness (QED) is 0.596. The van der Waals surface area contributed by atoms with Gasteiger partial charge in [0.1, 0.15) is 17.2 Å². The molecule has 2 aromatic rings. The van der Waals surface area contributed by atoms with Crippen molar-refractivity contribution >= 4 is 20.2 Å². The molecule has 0 unspecified atom stereocenters. The largest absolute Gasteiger partial charge is 0.543 e. The van der Waals surface area contributed by atoms with Crippen molar-refractivity contribution in [3.8, 4) is 5.75 Å². The van der Waals surface area contributed by atoms with Crippen LogP contribution in [0.1, 0.15) is 5.76 Å². The third-order valence-corrected chi connectivity index (χ3v) is 3.22. The molecular weight excluding hydrogens is 254 g/mol. The Balaban J connectivity index is 2.09. The Hall–Kier alpha value is -1.81. The van der Waals surface area contributed by atoms with E-state index in [9.17, 15) is 0 Å². The van der Waals surface area contributed by atoms with Gasteiger partial charge in [0.05, 0.1) is 6.26 Å². The Kier molecular flexibility index (Phi) is 4.22. The van der Waals surface area contributed by atoms with E-state index in [1.54, 1.807) is 6.26 Å². The van der Waals surface area contributed by atoms with Gasteiger partial charge in [0.2, 0.25) is 8.32 Å². The number of para-hydroxylation sites is 2. The topological polar surface area (TPSA) is 34.7 Å². The molecular formula is C15H19NO2Si. The van der Waals surface area contributed by atoms with E-state index in [0.29, 0.717) is 6.42 Å². The van der Waals surface area contributed by atoms with Crippen LogP contribution in [-0.4, -0.2) is 14.5 Å². The zero-order chi connectivity index (χ0) is 13.7. The number of nitrogens with zero attached hydrogens (tertiary/aromatic N) is 1. The maximum atomic E-state index is 6.02. The molecule has 0 aliphatic carbocycles. The van der Waals surface area contributed by atoms with Gasteiger partial charge in [-0.25, -0.2) is 0 Å². The van der Waals surface area contributed by atoms with Gasteiger partial charge in [-0.15, -0.1) is 0 Å². The summed E-state index contributed by atoms with van der Waals surface area (Å²) in [5, 5.41) is 0. The highest BCUT2D eigenvalue weighted by Crippen LogP contribution is 2.28. The number of benzene rings is 1. The van der Waals surface area contributed by atoms with Gasteiger partial charge in [-0.05, 0) is 43.9 Å². The Morgan fingerprint density at radius 1 is 1.16 bits per heavy atom. The number of furan rings is 1. The first-order chi connectivity index (χ1) is 9.04. The second-order valence-corrected chi connectivity index (χ2v) is 9.71. The van der Waals surface area contributed by atoms with Gasteiger partial charge in [-0.2, -0.15) is 0 Å². The zero-order valence-electron chi connectivity index (χ0n) is 11.6. The lowest BCUT2D eigenvalue weighted by Crippen LogP contribution is -2.29. The molecule has 19 heavy (non-hydrogen) atoms. The summed E-state index contributed by atoms with van der Waals surface area (Å²) in [4.78, 5) is 4.48. The Bertz CT molecular complexity index is 542. The van der Waals surface area contributed by atoms with E-state index in [2.05, 4.69) is 24.6 Å². The SMILES string of the molecule is C[Si](C)(C)Oc1ccccc1N=CCc1ccco1. The highest BCUT2D eigenvalue weighted by molar-refractivity contribution is 6.70. The second-order valence-electron chi connectivity index (χ2n) is 5.28. The molecule has 1 heterocycles. The van der Waals surface area contributed by atoms with Crippen molar-refractivity contribution in [2.45, 2.75) is 26.1 Å². The fraction of sp³-hybridized carbons (Fsp3) is 0.267. The Labute approximate surface area is 115 Å². The van der Waals surface area contributed by atoms with Crippen molar-refractivity contribution < 1.29 is 8.84 Å². The molecule has 1 aromatic carbocycles. The average molecular weight is 273 g/mol. The van der Waals surface area contributed by atoms with Crippen LogP contribution in [0.4, 0.5) is 5.69 Å². The zero-order valence-corrected chi connectivity index (χ0v) is 12.6. The van der Waals surface area contributed by atoms with Gasteiger partial charge in [0, 0.05) is 12.6 Å². The molecule has 1 aromatic heterocycles. The molecule has 0 saturated heterocycles. The predicted molar refractivity (Wildman–Crippen MR) is 81.0 cm³/mol. The van der Waals surface area contributed by atoms with Crippen LogP contribution in [0.3, 0.4) is 0 Å². The molecule has 0 spiro atoms. The maximum Gasteiger partial charge on any atom is 0.242 e. The summed E-state index contributed by atoms with van der Waals surface area (Å²) >= 11 is 0. The van der Waals surface area contributed by atoms with Gasteiger partial charge in [0.25, 0.3) is 0 Å². The van der Waals surface area contributed by atoms with Gasteiger partial charge in [-0.3, -0.25) is 4.99 Å². The third-order valence-electron chi connectivity index (χ3n) is 2.38. The summed E-state index contributed by atoms with van der Waals surface area (Å²) in [6, 6.07) is 11.7. The van der Waals surface area contributed by atoms with Crippen molar-refractivity contribution in [2.24, 2.45) is 4.99 Å². The van der Waals surface area contributed by atoms with E-state index in [1.807, 2.05) is 42.6 Å². The lowest BCUT2D eigenvalue weighted by molar-refractivity contribution is 0.527. The normalized spacial score (nSPS) is 11.9. The van der Waals surface area contributed by atoms with Crippen LogP contribution in [0.5, 0.6) is 5.75 Å². The van der Waals surface area contributed by atoms with E-state index in [0.717, 1.165) is 17.2 Å². The molecule has 2 rings (SSSR count). The van der Waals surface area contributed by atoms with Crippen LogP contribution in [0.2, 0.25) is 19.6 Å². The summed E-state index contributed by atoms with van der Waals surface area (Å²) in [5.74, 6) is 1.77. The van der Waals surface area contributed by atoms with Gasteiger partial charge < -0.3 is 8.84 Å². The highest BCUT2D eigenvalue weighted by atomic mass is 28.4. The van der Waals surface area contributed by atoms with E-state index in [-0.39, 0.29) is 0 Å². The summed E-state index contributed by atoms with van der Waals surface area (Å²) in [5.41, 5.74) is 0.872. The lowest BCUT2D eigenvalue weighted by Gasteiger charge is -2.20. The Morgan fingerprint density at radius 3 is 2.63 bits per heavy atom. The number of aliphatic imine (C=N–C) groups is 1. The molecule has 0 aliphatic heterocycles. The van der Waals surface area contributed by atoms with Crippen LogP contribution in [0, 0.1) is 0 Å². The van der Waals surface area contributed by atoms with Crippen molar-refractivity contribution in [3.63, 3.8) is 0 Å². The first kappa shape index (κ1) is 13.6. The van der Waals surface area contributed by atoms with Crippen LogP contribution in [0.25, 0.3) is 0 Å². The first-order valence-corrected chi connectivity index (χ1v) is 9.78. The van der Waals surface area contributed by atoms with Crippen molar-refractivity contribution in [1.82, 2.24) is 0 Å². The van der Waals surface area contributed by atoms with Gasteiger partial charge in [-0.1, -0.05) is 12.1 Å². The monoisotopic (exact) mass is 273 g/mol. The fourth-order valence-electron chi connectivity index (χ4n) is 1.64. The van der Waals surface area contributed by atoms with E-state index in [4.69, 9.17) is 8.84 Å². The van der Waals surface area contributed by atoms with Crippen LogP contribution in [0.15, 0.2) is 52.1 Å². The van der Waals surface area contributed by atoms with Crippen LogP contribution in [-0.2, 0) is 6.42 Å². The fourth-order valence-corrected chi connectivity index (χ4v) is 2.48. The molecule has 0 bridgehead atoms. The third kappa shape index (κ3) is 4.41. The predicted octanol–water partition coefficient (Wildman–Crippen LogP) is 4.44. The van der Waals surface area contributed by atoms with Gasteiger partial charge >= 0.3 is 0 Å². The Morgan fingerprint density at radius 2 is 1.95 bits per heavy atom.